The van der Waals surface area contributed by atoms with Crippen molar-refractivity contribution in [2.45, 2.75) is 31.3 Å². The normalized spacial score (nSPS) is 18.1. The molecule has 1 fully saturated rings. The quantitative estimate of drug-likeness (QED) is 0.824. The Bertz CT molecular complexity index is 375. The van der Waals surface area contributed by atoms with Gasteiger partial charge in [-0.3, -0.25) is 0 Å². The molecule has 0 radical (unpaired) electrons. The molecule has 94 valence electrons. The van der Waals surface area contributed by atoms with Crippen LogP contribution in [0.3, 0.4) is 0 Å². The summed E-state index contributed by atoms with van der Waals surface area (Å²) in [6, 6.07) is 1.82. The lowest BCUT2D eigenvalue weighted by Crippen LogP contribution is -2.33. The molecule has 0 atom stereocenters. The molecule has 2 N–H and O–H groups in total. The number of nitrogens with one attached hydrogen (secondary N) is 1. The minimum atomic E-state index is -0.552. The monoisotopic (exact) mass is 236 g/mol. The average molecular weight is 236 g/mol. The number of aliphatic hydroxyl groups is 1. The molecule has 0 saturated heterocycles. The highest BCUT2D eigenvalue weighted by atomic mass is 16.3. The number of hydrogen-bond donors (Lipinski definition) is 2. The van der Waals surface area contributed by atoms with Gasteiger partial charge in [0.1, 0.15) is 5.82 Å². The highest BCUT2D eigenvalue weighted by Gasteiger charge is 2.30. The molecule has 5 nitrogen and oxygen atoms in total. The Labute approximate surface area is 102 Å². The predicted molar refractivity (Wildman–Crippen MR) is 68.3 cm³/mol. The van der Waals surface area contributed by atoms with E-state index in [0.717, 1.165) is 31.5 Å². The van der Waals surface area contributed by atoms with Crippen LogP contribution in [0.15, 0.2) is 12.3 Å². The summed E-state index contributed by atoms with van der Waals surface area (Å²) in [5.74, 6) is 1.44. The molecule has 1 aliphatic rings. The van der Waals surface area contributed by atoms with Crippen LogP contribution in [-0.2, 0) is 0 Å². The topological polar surface area (TPSA) is 61.3 Å². The Morgan fingerprint density at radius 2 is 2.12 bits per heavy atom. The van der Waals surface area contributed by atoms with Crippen LogP contribution in [0, 0.1) is 0 Å². The Kier molecular flexibility index (Phi) is 3.47. The number of hydrogen-bond acceptors (Lipinski definition) is 5. The van der Waals surface area contributed by atoms with Crippen molar-refractivity contribution in [1.29, 1.82) is 0 Å². The first-order chi connectivity index (χ1) is 8.09. The van der Waals surface area contributed by atoms with Crippen LogP contribution in [0.25, 0.3) is 0 Å². The molecule has 17 heavy (non-hydrogen) atoms. The minimum Gasteiger partial charge on any atom is -0.388 e. The maximum absolute atomic E-state index is 10.2. The second-order valence-corrected chi connectivity index (χ2v) is 4.92. The van der Waals surface area contributed by atoms with Gasteiger partial charge in [-0.25, -0.2) is 4.98 Å². The summed E-state index contributed by atoms with van der Waals surface area (Å²) < 4.78 is 0. The molecule has 0 aromatic carbocycles. The van der Waals surface area contributed by atoms with Crippen LogP contribution >= 0.6 is 0 Å². The first kappa shape index (κ1) is 12.1. The molecule has 1 heterocycles. The fraction of sp³-hybridized carbons (Fsp3) is 0.667. The van der Waals surface area contributed by atoms with Gasteiger partial charge in [-0.15, -0.1) is 0 Å². The lowest BCUT2D eigenvalue weighted by Gasteiger charge is -2.22. The molecular formula is C12H20N4O. The van der Waals surface area contributed by atoms with Crippen molar-refractivity contribution in [2.24, 2.45) is 0 Å². The number of nitrogens with zero attached hydrogens (tertiary/aromatic N) is 3. The molecule has 0 spiro atoms. The maximum atomic E-state index is 10.2. The van der Waals surface area contributed by atoms with Gasteiger partial charge in [0.05, 0.1) is 5.60 Å². The smallest absolute Gasteiger partial charge is 0.226 e. The van der Waals surface area contributed by atoms with Crippen LogP contribution in [0.4, 0.5) is 11.8 Å². The van der Waals surface area contributed by atoms with Gasteiger partial charge in [-0.05, 0) is 18.9 Å². The summed E-state index contributed by atoms with van der Waals surface area (Å²) in [7, 11) is 3.81. The van der Waals surface area contributed by atoms with Crippen molar-refractivity contribution in [3.63, 3.8) is 0 Å². The highest BCUT2D eigenvalue weighted by molar-refractivity contribution is 5.40. The number of anilines is 2. The zero-order chi connectivity index (χ0) is 12.3. The van der Waals surface area contributed by atoms with E-state index < -0.39 is 5.60 Å². The van der Waals surface area contributed by atoms with Gasteiger partial charge >= 0.3 is 0 Å². The second-order valence-electron chi connectivity index (χ2n) is 4.92. The Balaban J connectivity index is 1.96. The Hall–Kier alpha value is -1.36. The summed E-state index contributed by atoms with van der Waals surface area (Å²) in [4.78, 5) is 10.4. The van der Waals surface area contributed by atoms with Crippen molar-refractivity contribution >= 4 is 11.8 Å². The van der Waals surface area contributed by atoms with Crippen LogP contribution in [0.2, 0.25) is 0 Å². The summed E-state index contributed by atoms with van der Waals surface area (Å²) in [5, 5.41) is 13.4. The van der Waals surface area contributed by atoms with E-state index in [-0.39, 0.29) is 0 Å². The molecule has 1 aromatic heterocycles. The third-order valence-corrected chi connectivity index (χ3v) is 3.18. The molecule has 5 heteroatoms. The summed E-state index contributed by atoms with van der Waals surface area (Å²) in [6.45, 7) is 0.566. The van der Waals surface area contributed by atoms with E-state index >= 15 is 0 Å². The summed E-state index contributed by atoms with van der Waals surface area (Å²) >= 11 is 0. The van der Waals surface area contributed by atoms with Crippen molar-refractivity contribution in [3.8, 4) is 0 Å². The number of aromatic nitrogens is 2. The molecule has 0 bridgehead atoms. The fourth-order valence-electron chi connectivity index (χ4n) is 2.13. The van der Waals surface area contributed by atoms with Crippen LogP contribution in [0.1, 0.15) is 25.7 Å². The Morgan fingerprint density at radius 1 is 1.41 bits per heavy atom. The van der Waals surface area contributed by atoms with Crippen LogP contribution < -0.4 is 10.2 Å². The first-order valence-electron chi connectivity index (χ1n) is 6.06. The molecule has 0 amide bonds. The standard InChI is InChI=1S/C12H20N4O/c1-16(2)11-13-8-5-10(15-11)14-9-12(17)6-3-4-7-12/h5,8,17H,3-4,6-7,9H2,1-2H3,(H,13,14,15). The van der Waals surface area contributed by atoms with Crippen molar-refractivity contribution < 1.29 is 5.11 Å². The lowest BCUT2D eigenvalue weighted by molar-refractivity contribution is 0.0614. The molecule has 0 aliphatic heterocycles. The molecule has 1 saturated carbocycles. The number of rotatable bonds is 4. The highest BCUT2D eigenvalue weighted by Crippen LogP contribution is 2.29. The van der Waals surface area contributed by atoms with E-state index in [0.29, 0.717) is 12.5 Å². The van der Waals surface area contributed by atoms with Gasteiger partial charge in [0.2, 0.25) is 5.95 Å². The zero-order valence-electron chi connectivity index (χ0n) is 10.5. The van der Waals surface area contributed by atoms with Crippen LogP contribution in [0.5, 0.6) is 0 Å². The van der Waals surface area contributed by atoms with Crippen molar-refractivity contribution in [3.05, 3.63) is 12.3 Å². The predicted octanol–water partition coefficient (Wildman–Crippen LogP) is 1.26. The summed E-state index contributed by atoms with van der Waals surface area (Å²) in [6.07, 6.45) is 5.72. The molecule has 1 aromatic rings. The molecule has 2 rings (SSSR count). The molecule has 1 aliphatic carbocycles. The van der Waals surface area contributed by atoms with E-state index in [9.17, 15) is 5.11 Å². The minimum absolute atomic E-state index is 0.552. The second kappa shape index (κ2) is 4.87. The molecule has 0 unspecified atom stereocenters. The fourth-order valence-corrected chi connectivity index (χ4v) is 2.13. The first-order valence-corrected chi connectivity index (χ1v) is 6.06. The average Bonchev–Trinajstić information content (AvgIpc) is 2.75. The van der Waals surface area contributed by atoms with E-state index in [1.807, 2.05) is 25.1 Å². The molecular weight excluding hydrogens is 216 g/mol. The lowest BCUT2D eigenvalue weighted by atomic mass is 10.0. The van der Waals surface area contributed by atoms with E-state index in [4.69, 9.17) is 0 Å². The maximum Gasteiger partial charge on any atom is 0.226 e. The van der Waals surface area contributed by atoms with E-state index in [1.165, 1.54) is 0 Å². The van der Waals surface area contributed by atoms with E-state index in [2.05, 4.69) is 15.3 Å². The van der Waals surface area contributed by atoms with Gasteiger partial charge in [0.15, 0.2) is 0 Å². The van der Waals surface area contributed by atoms with Gasteiger partial charge in [0.25, 0.3) is 0 Å². The van der Waals surface area contributed by atoms with E-state index in [1.54, 1.807) is 6.20 Å². The van der Waals surface area contributed by atoms with Gasteiger partial charge in [-0.1, -0.05) is 12.8 Å². The van der Waals surface area contributed by atoms with Crippen molar-refractivity contribution in [2.75, 3.05) is 30.9 Å². The Morgan fingerprint density at radius 3 is 2.76 bits per heavy atom. The van der Waals surface area contributed by atoms with Gasteiger partial charge in [0, 0.05) is 26.8 Å². The third kappa shape index (κ3) is 3.06. The van der Waals surface area contributed by atoms with Crippen LogP contribution in [-0.4, -0.2) is 41.3 Å². The van der Waals surface area contributed by atoms with Crippen molar-refractivity contribution in [1.82, 2.24) is 9.97 Å². The largest absolute Gasteiger partial charge is 0.388 e. The third-order valence-electron chi connectivity index (χ3n) is 3.18. The zero-order valence-corrected chi connectivity index (χ0v) is 10.5. The SMILES string of the molecule is CN(C)c1nccc(NCC2(O)CCCC2)n1. The summed E-state index contributed by atoms with van der Waals surface area (Å²) in [5.41, 5.74) is -0.552. The van der Waals surface area contributed by atoms with Gasteiger partial charge in [-0.2, -0.15) is 4.98 Å². The van der Waals surface area contributed by atoms with Gasteiger partial charge < -0.3 is 15.3 Å².